The maximum Gasteiger partial charge on any atom is 0.0474 e. The summed E-state index contributed by atoms with van der Waals surface area (Å²) in [5.74, 6) is 0. The molecular weight excluding hydrogens is 238 g/mol. The molecule has 0 aliphatic carbocycles. The summed E-state index contributed by atoms with van der Waals surface area (Å²) in [7, 11) is 1.76. The second-order valence-corrected chi connectivity index (χ2v) is 6.59. The first-order valence-corrected chi connectivity index (χ1v) is 7.64. The first-order chi connectivity index (χ1) is 8.95. The lowest BCUT2D eigenvalue weighted by atomic mass is 10.0. The lowest BCUT2D eigenvalue weighted by molar-refractivity contribution is 0.0455. The quantitative estimate of drug-likeness (QED) is 0.709. The Labute approximate surface area is 119 Å². The van der Waals surface area contributed by atoms with Crippen LogP contribution in [0.15, 0.2) is 0 Å². The van der Waals surface area contributed by atoms with Crippen molar-refractivity contribution in [1.29, 1.82) is 0 Å². The number of methoxy groups -OCH3 is 1. The first-order valence-electron chi connectivity index (χ1n) is 7.64. The van der Waals surface area contributed by atoms with Crippen molar-refractivity contribution in [1.82, 2.24) is 15.1 Å². The van der Waals surface area contributed by atoms with Crippen LogP contribution in [0.4, 0.5) is 0 Å². The van der Waals surface area contributed by atoms with E-state index in [1.165, 1.54) is 26.2 Å². The highest BCUT2D eigenvalue weighted by Crippen LogP contribution is 2.16. The molecule has 1 saturated heterocycles. The van der Waals surface area contributed by atoms with Gasteiger partial charge in [-0.3, -0.25) is 9.80 Å². The van der Waals surface area contributed by atoms with Crippen molar-refractivity contribution in [3.8, 4) is 0 Å². The van der Waals surface area contributed by atoms with E-state index in [2.05, 4.69) is 42.8 Å². The highest BCUT2D eigenvalue weighted by molar-refractivity contribution is 4.84. The summed E-state index contributed by atoms with van der Waals surface area (Å²) in [6, 6.07) is 0.629. The van der Waals surface area contributed by atoms with Crippen molar-refractivity contribution in [2.75, 3.05) is 53.0 Å². The minimum Gasteiger partial charge on any atom is -0.385 e. The fourth-order valence-electron chi connectivity index (χ4n) is 2.62. The molecule has 0 bridgehead atoms. The van der Waals surface area contributed by atoms with Gasteiger partial charge in [-0.25, -0.2) is 0 Å². The van der Waals surface area contributed by atoms with Crippen molar-refractivity contribution < 1.29 is 4.74 Å². The molecule has 1 N–H and O–H groups in total. The fraction of sp³-hybridized carbons (Fsp3) is 1.00. The van der Waals surface area contributed by atoms with Crippen molar-refractivity contribution in [2.45, 2.75) is 45.7 Å². The fourth-order valence-corrected chi connectivity index (χ4v) is 2.62. The number of rotatable bonds is 7. The highest BCUT2D eigenvalue weighted by Gasteiger charge is 2.27. The largest absolute Gasteiger partial charge is 0.385 e. The van der Waals surface area contributed by atoms with E-state index in [4.69, 9.17) is 4.74 Å². The summed E-state index contributed by atoms with van der Waals surface area (Å²) in [6.45, 7) is 17.0. The lowest BCUT2D eigenvalue weighted by Gasteiger charge is -2.44. The molecule has 0 amide bonds. The molecule has 0 saturated carbocycles. The Hall–Kier alpha value is -0.160. The maximum atomic E-state index is 5.05. The molecule has 4 nitrogen and oxygen atoms in total. The van der Waals surface area contributed by atoms with Gasteiger partial charge in [0, 0.05) is 58.0 Å². The van der Waals surface area contributed by atoms with Crippen LogP contribution in [0, 0.1) is 0 Å². The second-order valence-electron chi connectivity index (χ2n) is 6.59. The second kappa shape index (κ2) is 8.20. The molecule has 1 unspecified atom stereocenters. The number of ether oxygens (including phenoxy) is 1. The maximum absolute atomic E-state index is 5.05. The van der Waals surface area contributed by atoms with Crippen LogP contribution in [0.1, 0.15) is 34.1 Å². The zero-order valence-electron chi connectivity index (χ0n) is 13.5. The predicted octanol–water partition coefficient (Wildman–Crippen LogP) is 1.42. The van der Waals surface area contributed by atoms with E-state index in [0.29, 0.717) is 11.6 Å². The third-order valence-corrected chi connectivity index (χ3v) is 4.03. The average molecular weight is 271 g/mol. The van der Waals surface area contributed by atoms with Gasteiger partial charge in [0.15, 0.2) is 0 Å². The van der Waals surface area contributed by atoms with Gasteiger partial charge in [0.25, 0.3) is 0 Å². The van der Waals surface area contributed by atoms with Gasteiger partial charge in [-0.05, 0) is 40.7 Å². The van der Waals surface area contributed by atoms with Gasteiger partial charge in [-0.2, -0.15) is 0 Å². The number of hydrogen-bond acceptors (Lipinski definition) is 4. The van der Waals surface area contributed by atoms with Crippen LogP contribution in [0.3, 0.4) is 0 Å². The van der Waals surface area contributed by atoms with Gasteiger partial charge in [-0.15, -0.1) is 0 Å². The molecule has 0 aromatic rings. The summed E-state index contributed by atoms with van der Waals surface area (Å²) in [6.07, 6.45) is 1.10. The van der Waals surface area contributed by atoms with Crippen LogP contribution in [-0.4, -0.2) is 74.4 Å². The third-order valence-electron chi connectivity index (χ3n) is 4.03. The standard InChI is InChI=1S/C15H33N3O/c1-14(13-16-7-6-12-19-5)17-8-10-18(11-9-17)15(2,3)4/h14,16H,6-13H2,1-5H3. The van der Waals surface area contributed by atoms with E-state index in [1.807, 2.05) is 0 Å². The minimum absolute atomic E-state index is 0.313. The Bertz CT molecular complexity index is 232. The molecule has 1 atom stereocenters. The monoisotopic (exact) mass is 271 g/mol. The molecule has 19 heavy (non-hydrogen) atoms. The summed E-state index contributed by atoms with van der Waals surface area (Å²) in [5, 5.41) is 3.52. The Balaban J connectivity index is 2.16. The van der Waals surface area contributed by atoms with E-state index >= 15 is 0 Å². The normalized spacial score (nSPS) is 20.7. The smallest absolute Gasteiger partial charge is 0.0474 e. The molecule has 4 heteroatoms. The number of piperazine rings is 1. The molecular formula is C15H33N3O. The van der Waals surface area contributed by atoms with Gasteiger partial charge in [0.05, 0.1) is 0 Å². The minimum atomic E-state index is 0.313. The van der Waals surface area contributed by atoms with E-state index in [9.17, 15) is 0 Å². The number of nitrogens with one attached hydrogen (secondary N) is 1. The summed E-state index contributed by atoms with van der Waals surface area (Å²) in [4.78, 5) is 5.19. The Morgan fingerprint density at radius 3 is 2.32 bits per heavy atom. The molecule has 0 aromatic heterocycles. The topological polar surface area (TPSA) is 27.7 Å². The van der Waals surface area contributed by atoms with Gasteiger partial charge >= 0.3 is 0 Å². The summed E-state index contributed by atoms with van der Waals surface area (Å²) < 4.78 is 5.05. The summed E-state index contributed by atoms with van der Waals surface area (Å²) in [5.41, 5.74) is 0.313. The molecule has 0 spiro atoms. The van der Waals surface area contributed by atoms with Gasteiger partial charge in [0.2, 0.25) is 0 Å². The molecule has 1 heterocycles. The lowest BCUT2D eigenvalue weighted by Crippen LogP contribution is -2.56. The molecule has 114 valence electrons. The van der Waals surface area contributed by atoms with E-state index in [0.717, 1.165) is 26.1 Å². The third kappa shape index (κ3) is 6.21. The Morgan fingerprint density at radius 1 is 1.16 bits per heavy atom. The van der Waals surface area contributed by atoms with E-state index < -0.39 is 0 Å². The molecule has 1 rings (SSSR count). The number of hydrogen-bond donors (Lipinski definition) is 1. The van der Waals surface area contributed by atoms with Crippen molar-refractivity contribution >= 4 is 0 Å². The van der Waals surface area contributed by atoms with Gasteiger partial charge in [-0.1, -0.05) is 0 Å². The molecule has 0 radical (unpaired) electrons. The van der Waals surface area contributed by atoms with Crippen LogP contribution in [0.5, 0.6) is 0 Å². The number of nitrogens with zero attached hydrogens (tertiary/aromatic N) is 2. The van der Waals surface area contributed by atoms with Crippen LogP contribution in [-0.2, 0) is 4.74 Å². The molecule has 1 fully saturated rings. The van der Waals surface area contributed by atoms with Crippen LogP contribution < -0.4 is 5.32 Å². The van der Waals surface area contributed by atoms with Crippen LogP contribution in [0.2, 0.25) is 0 Å². The van der Waals surface area contributed by atoms with Crippen LogP contribution >= 0.6 is 0 Å². The van der Waals surface area contributed by atoms with Crippen LogP contribution in [0.25, 0.3) is 0 Å². The summed E-state index contributed by atoms with van der Waals surface area (Å²) >= 11 is 0. The van der Waals surface area contributed by atoms with Gasteiger partial charge < -0.3 is 10.1 Å². The van der Waals surface area contributed by atoms with Crippen molar-refractivity contribution in [2.24, 2.45) is 0 Å². The molecule has 1 aliphatic rings. The van der Waals surface area contributed by atoms with E-state index in [1.54, 1.807) is 7.11 Å². The average Bonchev–Trinajstić information content (AvgIpc) is 2.37. The Kier molecular flexibility index (Phi) is 7.29. The Morgan fingerprint density at radius 2 is 1.79 bits per heavy atom. The predicted molar refractivity (Wildman–Crippen MR) is 81.7 cm³/mol. The molecule has 1 aliphatic heterocycles. The first kappa shape index (κ1) is 16.9. The SMILES string of the molecule is COCCCNCC(C)N1CCN(C(C)(C)C)CC1. The zero-order chi connectivity index (χ0) is 14.3. The molecule has 0 aromatic carbocycles. The highest BCUT2D eigenvalue weighted by atomic mass is 16.5. The van der Waals surface area contributed by atoms with E-state index in [-0.39, 0.29) is 0 Å². The van der Waals surface area contributed by atoms with Crippen molar-refractivity contribution in [3.63, 3.8) is 0 Å². The van der Waals surface area contributed by atoms with Gasteiger partial charge in [0.1, 0.15) is 0 Å². The van der Waals surface area contributed by atoms with Crippen molar-refractivity contribution in [3.05, 3.63) is 0 Å². The zero-order valence-corrected chi connectivity index (χ0v) is 13.5.